The van der Waals surface area contributed by atoms with Gasteiger partial charge in [0, 0.05) is 0 Å². The molecule has 0 saturated heterocycles. The van der Waals surface area contributed by atoms with Gasteiger partial charge in [0.2, 0.25) is 0 Å². The summed E-state index contributed by atoms with van der Waals surface area (Å²) in [7, 11) is -5.39. The van der Waals surface area contributed by atoms with Gasteiger partial charge in [-0.05, 0) is 0 Å². The fraction of sp³-hybridized carbons (Fsp3) is 0. The summed E-state index contributed by atoms with van der Waals surface area (Å²) < 4.78 is 8.55. The van der Waals surface area contributed by atoms with Crippen LogP contribution in [0.25, 0.3) is 0 Å². The van der Waals surface area contributed by atoms with E-state index in [0.29, 0.717) is 0 Å². The summed E-state index contributed by atoms with van der Waals surface area (Å²) in [6.45, 7) is 0. The van der Waals surface area contributed by atoms with Gasteiger partial charge in [-0.2, -0.15) is 7.82 Å². The minimum absolute atomic E-state index is 0. The van der Waals surface area contributed by atoms with Gasteiger partial charge in [-0.15, -0.1) is 0 Å². The van der Waals surface area contributed by atoms with Crippen LogP contribution in [-0.4, -0.2) is 0 Å². The second-order valence-electron chi connectivity index (χ2n) is 0.447. The third-order valence-corrected chi connectivity index (χ3v) is 0. The zero-order valence-corrected chi connectivity index (χ0v) is 15.0. The summed E-state index contributed by atoms with van der Waals surface area (Å²) >= 11 is 0. The number of hydrogen-bond donors (Lipinski definition) is 3. The summed E-state index contributed by atoms with van der Waals surface area (Å²) in [5.74, 6) is 0. The van der Waals surface area contributed by atoms with E-state index in [9.17, 15) is 0 Å². The van der Waals surface area contributed by atoms with Gasteiger partial charge in [-0.1, -0.05) is 0 Å². The normalized spacial score (nSPS) is 5.36. The summed E-state index contributed by atoms with van der Waals surface area (Å²) in [4.78, 5) is 25.6. The second kappa shape index (κ2) is 23.1. The fourth-order valence-corrected chi connectivity index (χ4v) is 0. The summed E-state index contributed by atoms with van der Waals surface area (Å²) in [6, 6.07) is 0. The van der Waals surface area contributed by atoms with E-state index < -0.39 is 7.82 Å². The van der Waals surface area contributed by atoms with Gasteiger partial charge in [0.15, 0.2) is 0 Å². The number of quaternary nitrogens is 3. The summed E-state index contributed by atoms with van der Waals surface area (Å²) in [5.41, 5.74) is 0. The van der Waals surface area contributed by atoms with Gasteiger partial charge in [-0.25, -0.2) is 0 Å². The predicted molar refractivity (Wildman–Crippen MR) is 25.6 cm³/mol. The van der Waals surface area contributed by atoms with Crippen LogP contribution < -0.4 is 122 Å². The number of rotatable bonds is 0. The third-order valence-electron chi connectivity index (χ3n) is 0. The van der Waals surface area contributed by atoms with Crippen molar-refractivity contribution in [3.8, 4) is 0 Å². The van der Waals surface area contributed by atoms with Crippen molar-refractivity contribution in [1.29, 1.82) is 0 Å². The molecule has 12 N–H and O–H groups in total. The molecule has 0 saturated carbocycles. The van der Waals surface area contributed by atoms with E-state index in [1.54, 1.807) is 0 Å². The first-order valence-electron chi connectivity index (χ1n) is 0.730. The molecule has 0 aliphatic rings. The Bertz CT molecular complexity index is 66.7. The molecule has 0 spiro atoms. The average molecular weight is 218 g/mol. The molecule has 56 valence electrons. The Labute approximate surface area is 132 Å². The largest absolute Gasteiger partial charge is 1.00 e. The van der Waals surface area contributed by atoms with Crippen LogP contribution in [0.5, 0.6) is 0 Å². The molecule has 0 heterocycles. The Morgan fingerprint density at radius 2 is 0.727 bits per heavy atom. The molecule has 7 nitrogen and oxygen atoms in total. The first-order chi connectivity index (χ1) is 2.00. The second-order valence-corrected chi connectivity index (χ2v) is 1.34. The van der Waals surface area contributed by atoms with Crippen LogP contribution in [0.2, 0.25) is 0 Å². The van der Waals surface area contributed by atoms with E-state index in [4.69, 9.17) is 19.2 Å². The maximum Gasteiger partial charge on any atom is 1.00 e. The minimum Gasteiger partial charge on any atom is -0.822 e. The van der Waals surface area contributed by atoms with E-state index in [1.807, 2.05) is 0 Å². The van der Waals surface area contributed by atoms with Crippen LogP contribution in [0, 0.1) is 0 Å². The van der Waals surface area contributed by atoms with Crippen molar-refractivity contribution in [1.82, 2.24) is 18.5 Å². The quantitative estimate of drug-likeness (QED) is 0.268. The molecule has 0 aromatic rings. The number of hydrogen-bond acceptors (Lipinski definition) is 4. The Balaban J connectivity index is -0.00000000533. The Morgan fingerprint density at radius 1 is 0.727 bits per heavy atom. The molecular formula is H12N3Na3O4P+3. The van der Waals surface area contributed by atoms with Gasteiger partial charge in [0.25, 0.3) is 0 Å². The molecule has 11 heavy (non-hydrogen) atoms. The molecule has 0 aromatic heterocycles. The Morgan fingerprint density at radius 3 is 0.727 bits per heavy atom. The maximum atomic E-state index is 8.55. The van der Waals surface area contributed by atoms with Crippen molar-refractivity contribution in [2.24, 2.45) is 0 Å². The molecule has 0 unspecified atom stereocenters. The molecule has 0 aliphatic carbocycles. The van der Waals surface area contributed by atoms with Crippen molar-refractivity contribution >= 4 is 7.82 Å². The topological polar surface area (TPSA) is 196 Å². The van der Waals surface area contributed by atoms with Crippen LogP contribution in [-0.2, 0) is 4.57 Å². The van der Waals surface area contributed by atoms with Crippen LogP contribution in [0.4, 0.5) is 0 Å². The van der Waals surface area contributed by atoms with E-state index in [0.717, 1.165) is 0 Å². The van der Waals surface area contributed by atoms with Gasteiger partial charge >= 0.3 is 88.7 Å². The maximum absolute atomic E-state index is 8.55. The van der Waals surface area contributed by atoms with Crippen LogP contribution in [0.15, 0.2) is 0 Å². The summed E-state index contributed by atoms with van der Waals surface area (Å²) in [6.07, 6.45) is 0. The standard InChI is InChI=1S/3H3N.3Na.H3O4P/c;;;;;;1-5(2,3)4/h3*1H3;;;;(H3,1,2,3,4)/q;;;3*+1;. The average Bonchev–Trinajstić information content (AvgIpc) is 0.722. The van der Waals surface area contributed by atoms with Crippen molar-refractivity contribution in [3.63, 3.8) is 0 Å². The van der Waals surface area contributed by atoms with Crippen molar-refractivity contribution in [3.05, 3.63) is 0 Å². The molecular weight excluding hydrogens is 206 g/mol. The SMILES string of the molecule is O=P([O-])([O-])[O-].[NH4+].[NH4+].[NH4+].[Na+].[Na+].[Na+]. The van der Waals surface area contributed by atoms with Crippen molar-refractivity contribution in [2.75, 3.05) is 0 Å². The fourth-order valence-electron chi connectivity index (χ4n) is 0. The first-order valence-corrected chi connectivity index (χ1v) is 2.19. The Hall–Kier alpha value is 2.99. The van der Waals surface area contributed by atoms with Crippen molar-refractivity contribution < 1.29 is 108 Å². The molecule has 0 atom stereocenters. The molecule has 0 amide bonds. The molecule has 0 rings (SSSR count). The van der Waals surface area contributed by atoms with E-state index in [2.05, 4.69) is 0 Å². The predicted octanol–water partition coefficient (Wildman–Crippen LogP) is -10.7. The monoisotopic (exact) mass is 218 g/mol. The van der Waals surface area contributed by atoms with Crippen LogP contribution >= 0.6 is 7.82 Å². The van der Waals surface area contributed by atoms with Gasteiger partial charge in [0.05, 0.1) is 0 Å². The Kier molecular flexibility index (Phi) is 101. The molecule has 0 bridgehead atoms. The number of phosphoric acid groups is 1. The summed E-state index contributed by atoms with van der Waals surface area (Å²) in [5, 5.41) is 0. The van der Waals surface area contributed by atoms with E-state index in [-0.39, 0.29) is 107 Å². The molecule has 0 radical (unpaired) electrons. The zero-order chi connectivity index (χ0) is 4.50. The van der Waals surface area contributed by atoms with Crippen LogP contribution in [0.1, 0.15) is 0 Å². The van der Waals surface area contributed by atoms with Gasteiger partial charge in [0.1, 0.15) is 0 Å². The first kappa shape index (κ1) is 48.3. The molecule has 11 heteroatoms. The molecule has 0 aliphatic heterocycles. The van der Waals surface area contributed by atoms with Crippen molar-refractivity contribution in [2.45, 2.75) is 0 Å². The molecule has 0 aromatic carbocycles. The smallest absolute Gasteiger partial charge is 0.822 e. The zero-order valence-electron chi connectivity index (χ0n) is 8.08. The van der Waals surface area contributed by atoms with Crippen LogP contribution in [0.3, 0.4) is 0 Å². The minimum atomic E-state index is -5.39. The van der Waals surface area contributed by atoms with Gasteiger partial charge in [-0.3, -0.25) is 0 Å². The van der Waals surface area contributed by atoms with Gasteiger partial charge < -0.3 is 37.7 Å². The third kappa shape index (κ3) is 175. The van der Waals surface area contributed by atoms with E-state index in [1.165, 1.54) is 0 Å². The molecule has 0 fully saturated rings. The van der Waals surface area contributed by atoms with E-state index >= 15 is 0 Å².